The van der Waals surface area contributed by atoms with Crippen LogP contribution in [0.5, 0.6) is 0 Å². The van der Waals surface area contributed by atoms with Gasteiger partial charge in [-0.15, -0.1) is 0 Å². The quantitative estimate of drug-likeness (QED) is 0.140. The molecule has 0 aliphatic carbocycles. The fourth-order valence-electron chi connectivity index (χ4n) is 1.61. The van der Waals surface area contributed by atoms with Crippen molar-refractivity contribution in [1.29, 1.82) is 0 Å². The van der Waals surface area contributed by atoms with Crippen molar-refractivity contribution in [2.45, 2.75) is 43.8 Å². The number of ether oxygens (including phenoxy) is 1. The lowest BCUT2D eigenvalue weighted by molar-refractivity contribution is -0.174. The number of esters is 2. The van der Waals surface area contributed by atoms with Gasteiger partial charge in [-0.1, -0.05) is 0 Å². The second kappa shape index (κ2) is 11.3. The summed E-state index contributed by atoms with van der Waals surface area (Å²) in [6.07, 6.45) is -4.58. The van der Waals surface area contributed by atoms with Gasteiger partial charge in [-0.3, -0.25) is 24.0 Å². The molecule has 0 bridgehead atoms. The summed E-state index contributed by atoms with van der Waals surface area (Å²) >= 11 is 0. The summed E-state index contributed by atoms with van der Waals surface area (Å²) in [4.78, 5) is 72.6. The number of carboxylic acids is 5. The molecule has 1 unspecified atom stereocenters. The number of carbonyl (C=O) groups is 7. The molecule has 0 spiro atoms. The van der Waals surface area contributed by atoms with E-state index in [0.29, 0.717) is 0 Å². The van der Waals surface area contributed by atoms with E-state index in [2.05, 4.69) is 4.74 Å². The zero-order valence-corrected chi connectivity index (χ0v) is 14.7. The van der Waals surface area contributed by atoms with E-state index in [1.165, 1.54) is 0 Å². The number of carbonyl (C=O) groups excluding carboxylic acids is 2. The van der Waals surface area contributed by atoms with Crippen LogP contribution in [0.2, 0.25) is 0 Å². The van der Waals surface area contributed by atoms with Crippen LogP contribution >= 0.6 is 0 Å². The topological polar surface area (TPSA) is 270 Å². The Labute approximate surface area is 160 Å². The summed E-state index contributed by atoms with van der Waals surface area (Å²) in [6, 6.07) is 0. The molecule has 7 N–H and O–H groups in total. The van der Waals surface area contributed by atoms with E-state index in [9.17, 15) is 38.7 Å². The van der Waals surface area contributed by atoms with Crippen molar-refractivity contribution in [3.05, 3.63) is 0 Å². The Balaban J connectivity index is 0. The number of aliphatic carboxylic acids is 5. The minimum atomic E-state index is -2.78. The second-order valence-corrected chi connectivity index (χ2v) is 5.53. The molecule has 0 amide bonds. The molecular formula is C14H18O15. The van der Waals surface area contributed by atoms with Crippen LogP contribution in [-0.4, -0.2) is 88.7 Å². The van der Waals surface area contributed by atoms with Gasteiger partial charge in [-0.2, -0.15) is 0 Å². The predicted octanol–water partition coefficient (Wildman–Crippen LogP) is -2.49. The highest BCUT2D eigenvalue weighted by Gasteiger charge is 2.42. The molecule has 0 aromatic rings. The zero-order valence-electron chi connectivity index (χ0n) is 14.7. The largest absolute Gasteiger partial charge is 0.481 e. The minimum Gasteiger partial charge on any atom is -0.481 e. The molecule has 0 aliphatic rings. The van der Waals surface area contributed by atoms with Gasteiger partial charge < -0.3 is 40.5 Å². The van der Waals surface area contributed by atoms with Crippen LogP contribution in [0.1, 0.15) is 32.6 Å². The minimum absolute atomic E-state index is 0.912. The average Bonchev–Trinajstić information content (AvgIpc) is 2.43. The third kappa shape index (κ3) is 11.7. The number of hydrogen-bond acceptors (Lipinski definition) is 10. The molecular weight excluding hydrogens is 408 g/mol. The van der Waals surface area contributed by atoms with Crippen molar-refractivity contribution in [2.24, 2.45) is 0 Å². The molecule has 0 saturated carbocycles. The molecule has 0 radical (unpaired) electrons. The number of carboxylic acid groups (broad SMARTS) is 5. The van der Waals surface area contributed by atoms with E-state index in [1.807, 2.05) is 0 Å². The third-order valence-electron chi connectivity index (χ3n) is 2.82. The Morgan fingerprint density at radius 2 is 0.897 bits per heavy atom. The van der Waals surface area contributed by atoms with E-state index in [4.69, 9.17) is 30.6 Å². The first-order valence-corrected chi connectivity index (χ1v) is 7.23. The van der Waals surface area contributed by atoms with Gasteiger partial charge in [0.2, 0.25) is 0 Å². The van der Waals surface area contributed by atoms with Crippen LogP contribution < -0.4 is 0 Å². The van der Waals surface area contributed by atoms with E-state index in [1.54, 1.807) is 0 Å². The smallest absolute Gasteiger partial charge is 0.336 e. The highest BCUT2D eigenvalue weighted by Crippen LogP contribution is 2.17. The highest BCUT2D eigenvalue weighted by atomic mass is 16.6. The Bertz CT molecular complexity index is 677. The molecule has 15 nitrogen and oxygen atoms in total. The normalized spacial score (nSPS) is 12.4. The molecule has 15 heteroatoms. The molecule has 0 fully saturated rings. The number of aliphatic hydroxyl groups is 2. The molecule has 0 rings (SSSR count). The summed E-state index contributed by atoms with van der Waals surface area (Å²) < 4.78 is 3.98. The monoisotopic (exact) mass is 426 g/mol. The van der Waals surface area contributed by atoms with Crippen LogP contribution in [0.15, 0.2) is 0 Å². The van der Waals surface area contributed by atoms with Gasteiger partial charge in [-0.25, -0.2) is 9.59 Å². The van der Waals surface area contributed by atoms with Crippen LogP contribution in [0.25, 0.3) is 0 Å². The molecule has 0 aromatic heterocycles. The Morgan fingerprint density at radius 3 is 1.10 bits per heavy atom. The van der Waals surface area contributed by atoms with Crippen molar-refractivity contribution in [1.82, 2.24) is 0 Å². The molecule has 1 atom stereocenters. The van der Waals surface area contributed by atoms with Gasteiger partial charge in [0.25, 0.3) is 0 Å². The first kappa shape index (κ1) is 27.6. The van der Waals surface area contributed by atoms with Crippen molar-refractivity contribution in [3.63, 3.8) is 0 Å². The van der Waals surface area contributed by atoms with E-state index < -0.39 is 78.7 Å². The lowest BCUT2D eigenvalue weighted by Crippen LogP contribution is -2.43. The molecule has 29 heavy (non-hydrogen) atoms. The molecule has 0 saturated heterocycles. The van der Waals surface area contributed by atoms with E-state index in [0.717, 1.165) is 6.92 Å². The zero-order chi connectivity index (χ0) is 23.6. The van der Waals surface area contributed by atoms with Crippen LogP contribution in [0, 0.1) is 0 Å². The maximum atomic E-state index is 10.9. The fraction of sp³-hybridized carbons (Fsp3) is 0.500. The third-order valence-corrected chi connectivity index (χ3v) is 2.82. The predicted molar refractivity (Wildman–Crippen MR) is 83.3 cm³/mol. The van der Waals surface area contributed by atoms with E-state index in [-0.39, 0.29) is 0 Å². The SMILES string of the molecule is CC(=O)OC(=O)CC(O)(CC(=O)O)C(=O)O.O=C(O)CC(O)(CC(=O)O)C(=O)O. The van der Waals surface area contributed by atoms with Gasteiger partial charge in [0.15, 0.2) is 11.2 Å². The van der Waals surface area contributed by atoms with Gasteiger partial charge in [0, 0.05) is 6.92 Å². The first-order chi connectivity index (χ1) is 12.9. The molecule has 0 heterocycles. The Hall–Kier alpha value is -3.59. The maximum absolute atomic E-state index is 10.9. The fourth-order valence-corrected chi connectivity index (χ4v) is 1.61. The lowest BCUT2D eigenvalue weighted by Gasteiger charge is -2.19. The summed E-state index contributed by atoms with van der Waals surface area (Å²) in [5.74, 6) is -10.8. The van der Waals surface area contributed by atoms with Gasteiger partial charge in [0.1, 0.15) is 0 Å². The van der Waals surface area contributed by atoms with Crippen molar-refractivity contribution >= 4 is 41.8 Å². The average molecular weight is 426 g/mol. The molecule has 164 valence electrons. The van der Waals surface area contributed by atoms with Gasteiger partial charge >= 0.3 is 41.8 Å². The van der Waals surface area contributed by atoms with Crippen molar-refractivity contribution in [2.75, 3.05) is 0 Å². The summed E-state index contributed by atoms with van der Waals surface area (Å²) in [5, 5.41) is 60.1. The van der Waals surface area contributed by atoms with Crippen LogP contribution in [-0.2, 0) is 38.3 Å². The lowest BCUT2D eigenvalue weighted by atomic mass is 9.96. The number of rotatable bonds is 10. The second-order valence-electron chi connectivity index (χ2n) is 5.53. The summed E-state index contributed by atoms with van der Waals surface area (Å²) in [6.45, 7) is 0.912. The van der Waals surface area contributed by atoms with E-state index >= 15 is 0 Å². The standard InChI is InChI=1S/C8H10O8.C6H8O7/c1-4(9)16-6(12)3-8(15,7(13)14)2-5(10)11;7-3(8)1-6(13,5(11)12)2-4(9)10/h15H,2-3H2,1H3,(H,10,11)(H,13,14);13H,1-2H2,(H,7,8)(H,9,10)(H,11,12). The van der Waals surface area contributed by atoms with Gasteiger partial charge in [-0.05, 0) is 0 Å². The van der Waals surface area contributed by atoms with Crippen molar-refractivity contribution < 1.29 is 74.0 Å². The summed E-state index contributed by atoms with van der Waals surface area (Å²) in [5.41, 5.74) is -5.52. The maximum Gasteiger partial charge on any atom is 0.336 e. The van der Waals surface area contributed by atoms with Crippen molar-refractivity contribution in [3.8, 4) is 0 Å². The highest BCUT2D eigenvalue weighted by molar-refractivity contribution is 5.91. The number of hydrogen-bond donors (Lipinski definition) is 7. The molecule has 0 aliphatic heterocycles. The molecule has 0 aromatic carbocycles. The van der Waals surface area contributed by atoms with Gasteiger partial charge in [0.05, 0.1) is 25.7 Å². The first-order valence-electron chi connectivity index (χ1n) is 7.23. The Morgan fingerprint density at radius 1 is 0.621 bits per heavy atom. The van der Waals surface area contributed by atoms with Crippen LogP contribution in [0.4, 0.5) is 0 Å². The summed E-state index contributed by atoms with van der Waals surface area (Å²) in [7, 11) is 0. The Kier molecular flexibility index (Phi) is 10.8. The van der Waals surface area contributed by atoms with Crippen LogP contribution in [0.3, 0.4) is 0 Å².